The summed E-state index contributed by atoms with van der Waals surface area (Å²) in [5, 5.41) is 12.7. The van der Waals surface area contributed by atoms with Gasteiger partial charge in [0.25, 0.3) is 0 Å². The van der Waals surface area contributed by atoms with Crippen LogP contribution in [0.4, 0.5) is 5.00 Å². The molecule has 0 radical (unpaired) electrons. The smallest absolute Gasteiger partial charge is 0.348 e. The number of nitrogens with one attached hydrogen (secondary N) is 1. The van der Waals surface area contributed by atoms with E-state index in [1.807, 2.05) is 18.2 Å². The van der Waals surface area contributed by atoms with Gasteiger partial charge in [0.15, 0.2) is 0 Å². The van der Waals surface area contributed by atoms with Crippen LogP contribution in [0.2, 0.25) is 0 Å². The molecule has 0 saturated carbocycles. The van der Waals surface area contributed by atoms with Gasteiger partial charge in [-0.3, -0.25) is 4.79 Å². The summed E-state index contributed by atoms with van der Waals surface area (Å²) in [6, 6.07) is 10.4. The monoisotopic (exact) mass is 540 g/mol. The largest absolute Gasteiger partial charge is 0.465 e. The number of aryl methyl sites for hydroxylation is 1. The summed E-state index contributed by atoms with van der Waals surface area (Å²) in [7, 11) is 1.27. The van der Waals surface area contributed by atoms with Gasteiger partial charge in [0, 0.05) is 4.88 Å². The van der Waals surface area contributed by atoms with Crippen molar-refractivity contribution in [2.75, 3.05) is 19.0 Å². The molecule has 3 aromatic rings. The van der Waals surface area contributed by atoms with E-state index in [-0.39, 0.29) is 18.1 Å². The Morgan fingerprint density at radius 3 is 2.64 bits per heavy atom. The number of rotatable bonds is 7. The van der Waals surface area contributed by atoms with Gasteiger partial charge < -0.3 is 14.8 Å². The molecule has 1 aromatic carbocycles. The van der Waals surface area contributed by atoms with Gasteiger partial charge in [-0.25, -0.2) is 9.59 Å². The van der Waals surface area contributed by atoms with Crippen molar-refractivity contribution < 1.29 is 23.9 Å². The predicted molar refractivity (Wildman–Crippen MR) is 142 cm³/mol. The molecule has 0 saturated heterocycles. The van der Waals surface area contributed by atoms with Gasteiger partial charge in [-0.1, -0.05) is 24.3 Å². The molecule has 4 rings (SSSR count). The average molecular weight is 541 g/mol. The Morgan fingerprint density at radius 1 is 1.19 bits per heavy atom. The molecule has 1 unspecified atom stereocenters. The number of methoxy groups -OCH3 is 1. The topological polar surface area (TPSA) is 105 Å². The summed E-state index contributed by atoms with van der Waals surface area (Å²) in [5.74, 6) is -1.40. The number of thiophene rings is 2. The molecule has 1 amide bonds. The lowest BCUT2D eigenvalue weighted by Crippen LogP contribution is -2.22. The molecule has 36 heavy (non-hydrogen) atoms. The number of esters is 2. The summed E-state index contributed by atoms with van der Waals surface area (Å²) < 4.78 is 10.5. The minimum Gasteiger partial charge on any atom is -0.465 e. The van der Waals surface area contributed by atoms with Gasteiger partial charge in [-0.2, -0.15) is 5.26 Å². The minimum absolute atomic E-state index is 0.210. The highest BCUT2D eigenvalue weighted by molar-refractivity contribution is 8.02. The van der Waals surface area contributed by atoms with E-state index < -0.39 is 17.2 Å². The molecule has 2 aromatic heterocycles. The van der Waals surface area contributed by atoms with Crippen molar-refractivity contribution in [3.63, 3.8) is 0 Å². The fourth-order valence-electron chi connectivity index (χ4n) is 4.07. The summed E-state index contributed by atoms with van der Waals surface area (Å²) >= 11 is 3.69. The number of thioether (sulfide) groups is 1. The third-order valence-corrected chi connectivity index (χ3v) is 9.65. The van der Waals surface area contributed by atoms with Crippen LogP contribution in [-0.2, 0) is 27.1 Å². The molecule has 0 fully saturated rings. The normalized spacial score (nSPS) is 12.6. The molecule has 1 N–H and O–H groups in total. The molecule has 0 aliphatic heterocycles. The highest BCUT2D eigenvalue weighted by Gasteiger charge is 2.30. The number of benzene rings is 1. The van der Waals surface area contributed by atoms with E-state index in [1.54, 1.807) is 20.8 Å². The highest BCUT2D eigenvalue weighted by Crippen LogP contribution is 2.45. The molecule has 7 nitrogen and oxygen atoms in total. The molecule has 1 aliphatic carbocycles. The van der Waals surface area contributed by atoms with Crippen molar-refractivity contribution in [3.8, 4) is 16.5 Å². The lowest BCUT2D eigenvalue weighted by atomic mass is 9.90. The van der Waals surface area contributed by atoms with E-state index in [2.05, 4.69) is 17.5 Å². The number of amides is 1. The molecule has 1 atom stereocenters. The molecule has 186 valence electrons. The molecule has 0 spiro atoms. The van der Waals surface area contributed by atoms with Crippen LogP contribution in [-0.4, -0.2) is 36.8 Å². The zero-order valence-electron chi connectivity index (χ0n) is 20.2. The maximum atomic E-state index is 13.2. The molecular formula is C26H24N2O5S3. The van der Waals surface area contributed by atoms with Crippen molar-refractivity contribution in [3.05, 3.63) is 57.0 Å². The Morgan fingerprint density at radius 2 is 1.94 bits per heavy atom. The van der Waals surface area contributed by atoms with E-state index in [0.29, 0.717) is 25.2 Å². The summed E-state index contributed by atoms with van der Waals surface area (Å²) in [5.41, 5.74) is 4.54. The summed E-state index contributed by atoms with van der Waals surface area (Å²) in [6.07, 6.45) is 1.60. The first-order valence-electron chi connectivity index (χ1n) is 11.3. The fraction of sp³-hybridized carbons (Fsp3) is 0.308. The number of nitrogens with zero attached hydrogens (tertiary/aromatic N) is 1. The van der Waals surface area contributed by atoms with Crippen molar-refractivity contribution >= 4 is 57.3 Å². The zero-order valence-corrected chi connectivity index (χ0v) is 22.7. The molecule has 1 aliphatic rings. The second-order valence-corrected chi connectivity index (χ2v) is 11.7. The lowest BCUT2D eigenvalue weighted by molar-refractivity contribution is -0.115. The number of anilines is 1. The Hall–Kier alpha value is -3.13. The van der Waals surface area contributed by atoms with Gasteiger partial charge in [0.2, 0.25) is 5.91 Å². The number of ether oxygens (including phenoxy) is 2. The van der Waals surface area contributed by atoms with Crippen LogP contribution in [0.25, 0.3) is 10.4 Å². The molecular weight excluding hydrogens is 516 g/mol. The van der Waals surface area contributed by atoms with E-state index in [0.717, 1.165) is 40.2 Å². The molecule has 10 heteroatoms. The summed E-state index contributed by atoms with van der Waals surface area (Å²) in [4.78, 5) is 39.4. The number of nitriles is 1. The van der Waals surface area contributed by atoms with Gasteiger partial charge in [-0.15, -0.1) is 34.4 Å². The molecule has 2 heterocycles. The maximum Gasteiger partial charge on any atom is 0.348 e. The Balaban J connectivity index is 1.59. The standard InChI is InChI=1S/C26H24N2O5S3/c1-5-33-25(31)20-13(2)19(24(30)32-4)26(36-20)34-14(3)22(29)28-23-18(12-27)17-11-10-15-8-6-7-9-16(15)21(17)35-23/h6-9,14H,5,10-11H2,1-4H3,(H,28,29). The predicted octanol–water partition coefficient (Wildman–Crippen LogP) is 5.84. The first-order chi connectivity index (χ1) is 17.3. The van der Waals surface area contributed by atoms with Gasteiger partial charge in [0.1, 0.15) is 15.9 Å². The Kier molecular flexibility index (Phi) is 7.83. The van der Waals surface area contributed by atoms with Gasteiger partial charge >= 0.3 is 11.9 Å². The number of carbonyl (C=O) groups is 3. The Bertz CT molecular complexity index is 1400. The number of carbonyl (C=O) groups excluding carboxylic acids is 3. The fourth-order valence-corrected chi connectivity index (χ4v) is 7.98. The second kappa shape index (κ2) is 10.9. The third kappa shape index (κ3) is 4.78. The number of fused-ring (bicyclic) bond motifs is 3. The molecule has 0 bridgehead atoms. The van der Waals surface area contributed by atoms with E-state index in [1.165, 1.54) is 35.8 Å². The quantitative estimate of drug-likeness (QED) is 0.297. The van der Waals surface area contributed by atoms with E-state index in [9.17, 15) is 19.6 Å². The SMILES string of the molecule is CCOC(=O)c1sc(SC(C)C(=O)Nc2sc3c(c2C#N)CCc2ccccc2-3)c(C(=O)OC)c1C. The average Bonchev–Trinajstić information content (AvgIpc) is 3.40. The number of hydrogen-bond acceptors (Lipinski definition) is 9. The maximum absolute atomic E-state index is 13.2. The van der Waals surface area contributed by atoms with Crippen LogP contribution in [0.1, 0.15) is 56.1 Å². The van der Waals surface area contributed by atoms with Gasteiger partial charge in [-0.05, 0) is 55.9 Å². The van der Waals surface area contributed by atoms with Crippen molar-refractivity contribution in [2.24, 2.45) is 0 Å². The van der Waals surface area contributed by atoms with Crippen molar-refractivity contribution in [1.82, 2.24) is 0 Å². The van der Waals surface area contributed by atoms with Crippen LogP contribution in [0, 0.1) is 18.3 Å². The number of hydrogen-bond donors (Lipinski definition) is 1. The van der Waals surface area contributed by atoms with E-state index >= 15 is 0 Å². The Labute approximate surface area is 221 Å². The van der Waals surface area contributed by atoms with Crippen molar-refractivity contribution in [2.45, 2.75) is 43.1 Å². The second-order valence-electron chi connectivity index (χ2n) is 8.06. The van der Waals surface area contributed by atoms with Crippen molar-refractivity contribution in [1.29, 1.82) is 5.26 Å². The van der Waals surface area contributed by atoms with Crippen LogP contribution >= 0.6 is 34.4 Å². The summed E-state index contributed by atoms with van der Waals surface area (Å²) in [6.45, 7) is 5.30. The van der Waals surface area contributed by atoms with Crippen LogP contribution in [0.3, 0.4) is 0 Å². The first-order valence-corrected chi connectivity index (χ1v) is 13.8. The van der Waals surface area contributed by atoms with Crippen LogP contribution < -0.4 is 5.32 Å². The minimum atomic E-state index is -0.612. The zero-order chi connectivity index (χ0) is 26.0. The lowest BCUT2D eigenvalue weighted by Gasteiger charge is -2.15. The van der Waals surface area contributed by atoms with Crippen LogP contribution in [0.5, 0.6) is 0 Å². The highest BCUT2D eigenvalue weighted by atomic mass is 32.2. The van der Waals surface area contributed by atoms with Crippen LogP contribution in [0.15, 0.2) is 28.5 Å². The van der Waals surface area contributed by atoms with Gasteiger partial charge in [0.05, 0.1) is 34.3 Å². The van der Waals surface area contributed by atoms with E-state index in [4.69, 9.17) is 9.47 Å². The first kappa shape index (κ1) is 25.9. The third-order valence-electron chi connectivity index (χ3n) is 5.88.